The van der Waals surface area contributed by atoms with Gasteiger partial charge in [0.05, 0.1) is 0 Å². The third-order valence-corrected chi connectivity index (χ3v) is 4.27. The summed E-state index contributed by atoms with van der Waals surface area (Å²) < 4.78 is 5.37. The Kier molecular flexibility index (Phi) is 3.61. The molecule has 1 unspecified atom stereocenters. The number of nitrogens with zero attached hydrogens (tertiary/aromatic N) is 3. The Balaban J connectivity index is 1.56. The van der Waals surface area contributed by atoms with Crippen LogP contribution in [0.25, 0.3) is 11.5 Å². The predicted octanol–water partition coefficient (Wildman–Crippen LogP) is 3.57. The summed E-state index contributed by atoms with van der Waals surface area (Å²) in [7, 11) is 0. The fourth-order valence-corrected chi connectivity index (χ4v) is 3.02. The topological polar surface area (TPSA) is 59.2 Å². The number of carbonyl (C=O) groups excluding carboxylic acids is 1. The number of aryl methyl sites for hydroxylation is 1. The van der Waals surface area contributed by atoms with Crippen molar-refractivity contribution in [3.63, 3.8) is 0 Å². The summed E-state index contributed by atoms with van der Waals surface area (Å²) in [6.07, 6.45) is 0.404. The number of rotatable bonds is 3. The Hall–Kier alpha value is -2.95. The molecule has 24 heavy (non-hydrogen) atoms. The number of benzene rings is 2. The average molecular weight is 319 g/mol. The van der Waals surface area contributed by atoms with Crippen molar-refractivity contribution in [1.29, 1.82) is 0 Å². The lowest BCUT2D eigenvalue weighted by Gasteiger charge is -2.16. The third kappa shape index (κ3) is 2.69. The summed E-state index contributed by atoms with van der Waals surface area (Å²) in [5.74, 6) is 1.14. The highest BCUT2D eigenvalue weighted by Crippen LogP contribution is 2.31. The normalized spacial score (nSPS) is 17.5. The molecule has 1 amide bonds. The monoisotopic (exact) mass is 319 g/mol. The van der Waals surface area contributed by atoms with Crippen LogP contribution in [0.15, 0.2) is 59.1 Å². The van der Waals surface area contributed by atoms with E-state index in [-0.39, 0.29) is 11.8 Å². The molecule has 0 aliphatic carbocycles. The van der Waals surface area contributed by atoms with Crippen LogP contribution in [0, 0.1) is 6.92 Å². The zero-order chi connectivity index (χ0) is 16.5. The number of anilines is 1. The average Bonchev–Trinajstić information content (AvgIpc) is 3.22. The molecule has 1 saturated heterocycles. The van der Waals surface area contributed by atoms with Gasteiger partial charge in [0.15, 0.2) is 5.82 Å². The third-order valence-electron chi connectivity index (χ3n) is 4.27. The van der Waals surface area contributed by atoms with Crippen LogP contribution in [0.4, 0.5) is 5.69 Å². The molecule has 3 aromatic rings. The van der Waals surface area contributed by atoms with Crippen LogP contribution in [0.3, 0.4) is 0 Å². The van der Waals surface area contributed by atoms with Gasteiger partial charge in [0.1, 0.15) is 0 Å². The van der Waals surface area contributed by atoms with Gasteiger partial charge in [0.2, 0.25) is 5.91 Å². The van der Waals surface area contributed by atoms with Crippen LogP contribution in [0.2, 0.25) is 0 Å². The van der Waals surface area contributed by atoms with E-state index in [0.717, 1.165) is 16.8 Å². The molecule has 1 atom stereocenters. The first-order valence-corrected chi connectivity index (χ1v) is 7.97. The molecular weight excluding hydrogens is 302 g/mol. The van der Waals surface area contributed by atoms with Crippen molar-refractivity contribution in [2.45, 2.75) is 19.3 Å². The summed E-state index contributed by atoms with van der Waals surface area (Å²) in [4.78, 5) is 18.7. The lowest BCUT2D eigenvalue weighted by atomic mass is 10.1. The summed E-state index contributed by atoms with van der Waals surface area (Å²) in [5.41, 5.74) is 2.94. The molecule has 1 aromatic heterocycles. The Morgan fingerprint density at radius 1 is 1.12 bits per heavy atom. The maximum atomic E-state index is 12.4. The molecule has 0 bridgehead atoms. The molecule has 1 aliphatic rings. The van der Waals surface area contributed by atoms with Gasteiger partial charge in [-0.2, -0.15) is 4.98 Å². The molecule has 0 N–H and O–H groups in total. The minimum absolute atomic E-state index is 0.0424. The van der Waals surface area contributed by atoms with E-state index in [1.165, 1.54) is 0 Å². The highest BCUT2D eigenvalue weighted by atomic mass is 16.5. The lowest BCUT2D eigenvalue weighted by Crippen LogP contribution is -2.24. The zero-order valence-corrected chi connectivity index (χ0v) is 13.3. The molecule has 1 aliphatic heterocycles. The molecule has 2 heterocycles. The van der Waals surface area contributed by atoms with Gasteiger partial charge in [-0.25, -0.2) is 0 Å². The smallest absolute Gasteiger partial charge is 0.257 e. The van der Waals surface area contributed by atoms with Crippen LogP contribution < -0.4 is 4.90 Å². The van der Waals surface area contributed by atoms with E-state index in [1.54, 1.807) is 4.90 Å². The Labute approximate surface area is 139 Å². The van der Waals surface area contributed by atoms with Gasteiger partial charge in [0, 0.05) is 30.1 Å². The second-order valence-corrected chi connectivity index (χ2v) is 6.07. The number of aromatic nitrogens is 2. The summed E-state index contributed by atoms with van der Waals surface area (Å²) in [6.45, 7) is 2.60. The summed E-state index contributed by atoms with van der Waals surface area (Å²) in [6, 6.07) is 17.6. The minimum atomic E-state index is -0.0424. The first-order chi connectivity index (χ1) is 11.7. The van der Waals surface area contributed by atoms with Gasteiger partial charge >= 0.3 is 0 Å². The molecule has 120 valence electrons. The molecule has 1 fully saturated rings. The van der Waals surface area contributed by atoms with Crippen molar-refractivity contribution in [2.75, 3.05) is 11.4 Å². The molecule has 0 radical (unpaired) electrons. The molecule has 2 aromatic carbocycles. The van der Waals surface area contributed by atoms with Crippen LogP contribution in [-0.2, 0) is 4.79 Å². The number of hydrogen-bond acceptors (Lipinski definition) is 4. The number of amides is 1. The van der Waals surface area contributed by atoms with Gasteiger partial charge in [-0.1, -0.05) is 35.5 Å². The van der Waals surface area contributed by atoms with Crippen molar-refractivity contribution in [3.8, 4) is 11.5 Å². The number of hydrogen-bond donors (Lipinski definition) is 0. The minimum Gasteiger partial charge on any atom is -0.334 e. The van der Waals surface area contributed by atoms with E-state index in [0.29, 0.717) is 24.7 Å². The first-order valence-electron chi connectivity index (χ1n) is 7.97. The molecule has 0 spiro atoms. The van der Waals surface area contributed by atoms with E-state index in [9.17, 15) is 4.79 Å². The van der Waals surface area contributed by atoms with Crippen molar-refractivity contribution in [2.24, 2.45) is 0 Å². The molecule has 5 heteroatoms. The van der Waals surface area contributed by atoms with Crippen molar-refractivity contribution in [1.82, 2.24) is 10.1 Å². The lowest BCUT2D eigenvalue weighted by molar-refractivity contribution is -0.117. The summed E-state index contributed by atoms with van der Waals surface area (Å²) in [5, 5.41) is 4.09. The number of carbonyl (C=O) groups is 1. The Morgan fingerprint density at radius 2 is 1.96 bits per heavy atom. The fourth-order valence-electron chi connectivity index (χ4n) is 3.02. The van der Waals surface area contributed by atoms with Crippen LogP contribution in [-0.4, -0.2) is 22.6 Å². The standard InChI is InChI=1S/C19H17N3O2/c1-13-6-5-9-16(10-13)22-12-15(11-17(22)23)18-20-19(24-21-18)14-7-3-2-4-8-14/h2-10,15H,11-12H2,1H3. The largest absolute Gasteiger partial charge is 0.334 e. The quantitative estimate of drug-likeness (QED) is 0.740. The van der Waals surface area contributed by atoms with Gasteiger partial charge in [-0.05, 0) is 36.8 Å². The molecule has 4 rings (SSSR count). The maximum absolute atomic E-state index is 12.4. The van der Waals surface area contributed by atoms with Crippen molar-refractivity contribution >= 4 is 11.6 Å². The van der Waals surface area contributed by atoms with Gasteiger partial charge in [-0.15, -0.1) is 0 Å². The van der Waals surface area contributed by atoms with Crippen LogP contribution in [0.5, 0.6) is 0 Å². The Bertz CT molecular complexity index is 873. The highest BCUT2D eigenvalue weighted by Gasteiger charge is 2.34. The van der Waals surface area contributed by atoms with Gasteiger partial charge in [0.25, 0.3) is 5.89 Å². The predicted molar refractivity (Wildman–Crippen MR) is 90.6 cm³/mol. The molecular formula is C19H17N3O2. The fraction of sp³-hybridized carbons (Fsp3) is 0.211. The zero-order valence-electron chi connectivity index (χ0n) is 13.3. The Morgan fingerprint density at radius 3 is 2.75 bits per heavy atom. The van der Waals surface area contributed by atoms with Crippen molar-refractivity contribution < 1.29 is 9.32 Å². The van der Waals surface area contributed by atoms with Crippen molar-refractivity contribution in [3.05, 3.63) is 66.0 Å². The van der Waals surface area contributed by atoms with E-state index in [4.69, 9.17) is 4.52 Å². The highest BCUT2D eigenvalue weighted by molar-refractivity contribution is 5.96. The molecule has 5 nitrogen and oxygen atoms in total. The SMILES string of the molecule is Cc1cccc(N2CC(c3noc(-c4ccccc4)n3)CC2=O)c1. The van der Waals surface area contributed by atoms with Gasteiger partial charge in [-0.3, -0.25) is 4.79 Å². The first kappa shape index (κ1) is 14.6. The maximum Gasteiger partial charge on any atom is 0.257 e. The van der Waals surface area contributed by atoms with Gasteiger partial charge < -0.3 is 9.42 Å². The van der Waals surface area contributed by atoms with E-state index < -0.39 is 0 Å². The molecule has 0 saturated carbocycles. The van der Waals surface area contributed by atoms with E-state index in [1.807, 2.05) is 61.5 Å². The summed E-state index contributed by atoms with van der Waals surface area (Å²) >= 11 is 0. The van der Waals surface area contributed by atoms with E-state index in [2.05, 4.69) is 10.1 Å². The van der Waals surface area contributed by atoms with Crippen LogP contribution in [0.1, 0.15) is 23.7 Å². The second-order valence-electron chi connectivity index (χ2n) is 6.07. The second kappa shape index (κ2) is 5.92. The van der Waals surface area contributed by atoms with Crippen LogP contribution >= 0.6 is 0 Å². The van der Waals surface area contributed by atoms with E-state index >= 15 is 0 Å².